The molecule has 2 N–H and O–H groups in total. The average Bonchev–Trinajstić information content (AvgIpc) is 2.98. The Morgan fingerprint density at radius 1 is 1.29 bits per heavy atom. The van der Waals surface area contributed by atoms with Crippen molar-refractivity contribution in [3.8, 4) is 0 Å². The van der Waals surface area contributed by atoms with Crippen molar-refractivity contribution in [2.75, 3.05) is 25.0 Å². The van der Waals surface area contributed by atoms with E-state index in [-0.39, 0.29) is 11.8 Å². The van der Waals surface area contributed by atoms with E-state index >= 15 is 0 Å². The molecule has 114 valence electrons. The molecule has 0 saturated carbocycles. The molecule has 1 aromatic rings. The zero-order valence-corrected chi connectivity index (χ0v) is 12.1. The maximum absolute atomic E-state index is 13.2. The van der Waals surface area contributed by atoms with Crippen LogP contribution >= 0.6 is 0 Å². The van der Waals surface area contributed by atoms with E-state index in [4.69, 9.17) is 0 Å². The maximum atomic E-state index is 13.2. The second-order valence-electron chi connectivity index (χ2n) is 5.93. The van der Waals surface area contributed by atoms with Crippen LogP contribution in [-0.4, -0.2) is 36.6 Å². The van der Waals surface area contributed by atoms with Crippen LogP contribution in [0.5, 0.6) is 0 Å². The van der Waals surface area contributed by atoms with E-state index in [1.54, 1.807) is 12.1 Å². The van der Waals surface area contributed by atoms with E-state index in [1.165, 1.54) is 12.1 Å². The van der Waals surface area contributed by atoms with Gasteiger partial charge in [0.15, 0.2) is 0 Å². The monoisotopic (exact) mass is 291 g/mol. The van der Waals surface area contributed by atoms with Gasteiger partial charge in [-0.3, -0.25) is 0 Å². The number of nitrogens with zero attached hydrogens (tertiary/aromatic N) is 1. The van der Waals surface area contributed by atoms with Crippen molar-refractivity contribution in [1.82, 2.24) is 10.2 Å². The first-order valence-corrected chi connectivity index (χ1v) is 7.78. The number of amides is 2. The van der Waals surface area contributed by atoms with Crippen molar-refractivity contribution < 1.29 is 9.18 Å². The molecule has 2 heterocycles. The van der Waals surface area contributed by atoms with Gasteiger partial charge in [0.25, 0.3) is 0 Å². The van der Waals surface area contributed by atoms with Gasteiger partial charge >= 0.3 is 6.03 Å². The standard InChI is InChI=1S/C16H22FN3O/c17-13-3-1-4-14(11-13)19-16(21)20-10-2-5-15(20)12-6-8-18-9-7-12/h1,3-4,11-12,15,18H,2,5-10H2,(H,19,21). The number of rotatable bonds is 2. The predicted molar refractivity (Wildman–Crippen MR) is 80.7 cm³/mol. The maximum Gasteiger partial charge on any atom is 0.322 e. The summed E-state index contributed by atoms with van der Waals surface area (Å²) in [5, 5.41) is 6.19. The number of benzene rings is 1. The SMILES string of the molecule is O=C(Nc1cccc(F)c1)N1CCCC1C1CCNCC1. The minimum absolute atomic E-state index is 0.0957. The molecule has 2 amide bonds. The fourth-order valence-electron chi connectivity index (χ4n) is 3.53. The molecule has 3 rings (SSSR count). The van der Waals surface area contributed by atoms with Crippen molar-refractivity contribution in [2.45, 2.75) is 31.7 Å². The summed E-state index contributed by atoms with van der Waals surface area (Å²) >= 11 is 0. The molecule has 2 saturated heterocycles. The van der Waals surface area contributed by atoms with E-state index in [0.29, 0.717) is 17.6 Å². The van der Waals surface area contributed by atoms with Crippen LogP contribution in [0.4, 0.5) is 14.9 Å². The Labute approximate surface area is 124 Å². The molecule has 0 radical (unpaired) electrons. The summed E-state index contributed by atoms with van der Waals surface area (Å²) in [6.45, 7) is 2.89. The molecule has 2 aliphatic rings. The smallest absolute Gasteiger partial charge is 0.321 e. The van der Waals surface area contributed by atoms with Gasteiger partial charge in [-0.15, -0.1) is 0 Å². The third-order valence-corrected chi connectivity index (χ3v) is 4.56. The van der Waals surface area contributed by atoms with Crippen LogP contribution in [-0.2, 0) is 0 Å². The van der Waals surface area contributed by atoms with Crippen LogP contribution in [0.15, 0.2) is 24.3 Å². The molecule has 1 aromatic carbocycles. The molecule has 2 aliphatic heterocycles. The summed E-state index contributed by atoms with van der Waals surface area (Å²) in [5.74, 6) is 0.260. The molecule has 0 spiro atoms. The number of piperidine rings is 1. The Morgan fingerprint density at radius 2 is 2.10 bits per heavy atom. The Morgan fingerprint density at radius 3 is 2.86 bits per heavy atom. The fraction of sp³-hybridized carbons (Fsp3) is 0.562. The first-order valence-electron chi connectivity index (χ1n) is 7.78. The van der Waals surface area contributed by atoms with Crippen molar-refractivity contribution in [3.05, 3.63) is 30.1 Å². The Hall–Kier alpha value is -1.62. The molecular weight excluding hydrogens is 269 g/mol. The van der Waals surface area contributed by atoms with E-state index in [1.807, 2.05) is 4.90 Å². The highest BCUT2D eigenvalue weighted by Gasteiger charge is 2.35. The Kier molecular flexibility index (Phi) is 4.39. The third kappa shape index (κ3) is 3.35. The lowest BCUT2D eigenvalue weighted by Gasteiger charge is -2.34. The van der Waals surface area contributed by atoms with Gasteiger partial charge < -0.3 is 15.5 Å². The molecule has 0 aliphatic carbocycles. The fourth-order valence-corrected chi connectivity index (χ4v) is 3.53. The molecule has 2 fully saturated rings. The Balaban J connectivity index is 1.65. The van der Waals surface area contributed by atoms with Crippen LogP contribution in [0, 0.1) is 11.7 Å². The van der Waals surface area contributed by atoms with Gasteiger partial charge in [-0.25, -0.2) is 9.18 Å². The van der Waals surface area contributed by atoms with Crippen molar-refractivity contribution in [2.24, 2.45) is 5.92 Å². The predicted octanol–water partition coefficient (Wildman–Crippen LogP) is 2.82. The van der Waals surface area contributed by atoms with Gasteiger partial charge in [-0.2, -0.15) is 0 Å². The highest BCUT2D eigenvalue weighted by molar-refractivity contribution is 5.89. The lowest BCUT2D eigenvalue weighted by atomic mass is 9.89. The minimum atomic E-state index is -0.330. The quantitative estimate of drug-likeness (QED) is 0.880. The van der Waals surface area contributed by atoms with Gasteiger partial charge in [0, 0.05) is 18.3 Å². The highest BCUT2D eigenvalue weighted by atomic mass is 19.1. The number of halogens is 1. The topological polar surface area (TPSA) is 44.4 Å². The molecule has 21 heavy (non-hydrogen) atoms. The third-order valence-electron chi connectivity index (χ3n) is 4.56. The second kappa shape index (κ2) is 6.43. The van der Waals surface area contributed by atoms with Crippen LogP contribution in [0.1, 0.15) is 25.7 Å². The summed E-state index contributed by atoms with van der Waals surface area (Å²) in [5.41, 5.74) is 0.524. The highest BCUT2D eigenvalue weighted by Crippen LogP contribution is 2.30. The molecule has 1 unspecified atom stereocenters. The van der Waals surface area contributed by atoms with Crippen molar-refractivity contribution in [3.63, 3.8) is 0 Å². The molecule has 0 bridgehead atoms. The first kappa shape index (κ1) is 14.3. The summed E-state index contributed by atoms with van der Waals surface area (Å²) in [4.78, 5) is 14.4. The summed E-state index contributed by atoms with van der Waals surface area (Å²) in [6, 6.07) is 6.30. The summed E-state index contributed by atoms with van der Waals surface area (Å²) < 4.78 is 13.2. The zero-order chi connectivity index (χ0) is 14.7. The van der Waals surface area contributed by atoms with Crippen molar-refractivity contribution >= 4 is 11.7 Å². The number of carbonyl (C=O) groups is 1. The largest absolute Gasteiger partial charge is 0.322 e. The summed E-state index contributed by atoms with van der Waals surface area (Å²) in [6.07, 6.45) is 4.41. The first-order chi connectivity index (χ1) is 10.2. The van der Waals surface area contributed by atoms with Gasteiger partial charge in [0.05, 0.1) is 0 Å². The van der Waals surface area contributed by atoms with Gasteiger partial charge in [-0.05, 0) is 62.9 Å². The lowest BCUT2D eigenvalue weighted by Crippen LogP contribution is -2.45. The van der Waals surface area contributed by atoms with E-state index in [2.05, 4.69) is 10.6 Å². The summed E-state index contributed by atoms with van der Waals surface area (Å²) in [7, 11) is 0. The van der Waals surface area contributed by atoms with Gasteiger partial charge in [0.2, 0.25) is 0 Å². The molecule has 4 nitrogen and oxygen atoms in total. The van der Waals surface area contributed by atoms with Gasteiger partial charge in [-0.1, -0.05) is 6.07 Å². The molecule has 1 atom stereocenters. The van der Waals surface area contributed by atoms with Crippen LogP contribution in [0.2, 0.25) is 0 Å². The number of hydrogen-bond donors (Lipinski definition) is 2. The lowest BCUT2D eigenvalue weighted by molar-refractivity contribution is 0.170. The number of carbonyl (C=O) groups excluding carboxylic acids is 1. The van der Waals surface area contributed by atoms with Gasteiger partial charge in [0.1, 0.15) is 5.82 Å². The Bertz CT molecular complexity index is 502. The number of hydrogen-bond acceptors (Lipinski definition) is 2. The number of urea groups is 1. The zero-order valence-electron chi connectivity index (χ0n) is 12.1. The number of likely N-dealkylation sites (tertiary alicyclic amines) is 1. The second-order valence-corrected chi connectivity index (χ2v) is 5.93. The minimum Gasteiger partial charge on any atom is -0.321 e. The number of anilines is 1. The van der Waals surface area contributed by atoms with Crippen LogP contribution in [0.25, 0.3) is 0 Å². The molecule has 0 aromatic heterocycles. The van der Waals surface area contributed by atoms with Crippen LogP contribution < -0.4 is 10.6 Å². The number of nitrogens with one attached hydrogen (secondary N) is 2. The van der Waals surface area contributed by atoms with E-state index in [0.717, 1.165) is 45.3 Å². The molecule has 5 heteroatoms. The van der Waals surface area contributed by atoms with E-state index in [9.17, 15) is 9.18 Å². The van der Waals surface area contributed by atoms with Crippen LogP contribution in [0.3, 0.4) is 0 Å². The van der Waals surface area contributed by atoms with E-state index < -0.39 is 0 Å². The average molecular weight is 291 g/mol. The van der Waals surface area contributed by atoms with Crippen molar-refractivity contribution in [1.29, 1.82) is 0 Å². The molecular formula is C16H22FN3O. The normalized spacial score (nSPS) is 23.3.